The molecule has 0 aromatic heterocycles. The number of hydrogen-bond acceptors (Lipinski definition) is 6. The number of aliphatic imine (C=N–C) groups is 1. The summed E-state index contributed by atoms with van der Waals surface area (Å²) in [5, 5.41) is 16.3. The van der Waals surface area contributed by atoms with Crippen molar-refractivity contribution in [3.63, 3.8) is 0 Å². The Labute approximate surface area is 274 Å². The molecule has 0 spiro atoms. The highest BCUT2D eigenvalue weighted by Crippen LogP contribution is 2.44. The Bertz CT molecular complexity index is 1780. The van der Waals surface area contributed by atoms with E-state index < -0.39 is 11.6 Å². The lowest BCUT2D eigenvalue weighted by atomic mass is 9.82. The fraction of sp³-hybridized carbons (Fsp3) is 0.263. The Morgan fingerprint density at radius 3 is 2.43 bits per heavy atom. The maximum Gasteiger partial charge on any atom is 0.252 e. The van der Waals surface area contributed by atoms with Crippen molar-refractivity contribution >= 4 is 17.9 Å². The standard InChI is InChI=1S/C38H37N5O4/c39-43-40-26-31-15-6-7-16-34(31)35-38(21-8-12-27-10-2-1-3-11-27,37(45)41-32-24-29-13-4-5-14-30(29)25-32)42-36(47-35)28-17-19-33(20-18-28)46-23-9-22-44/h1-8,10-20,32,35,44H,9,21-26H2,(H,41,45)/b12-8+/t35-,38-/m1/s1. The molecule has 9 nitrogen and oxygen atoms in total. The minimum absolute atomic E-state index is 0.0566. The van der Waals surface area contributed by atoms with Crippen LogP contribution in [0.15, 0.2) is 119 Å². The first-order valence-electron chi connectivity index (χ1n) is 15.9. The zero-order valence-electron chi connectivity index (χ0n) is 26.0. The zero-order valence-corrected chi connectivity index (χ0v) is 26.0. The summed E-state index contributed by atoms with van der Waals surface area (Å²) >= 11 is 0. The number of hydrogen-bond donors (Lipinski definition) is 2. The fourth-order valence-electron chi connectivity index (χ4n) is 6.24. The van der Waals surface area contributed by atoms with E-state index in [-0.39, 0.29) is 31.5 Å². The van der Waals surface area contributed by atoms with Crippen LogP contribution in [0.1, 0.15) is 52.3 Å². The summed E-state index contributed by atoms with van der Waals surface area (Å²) in [6.07, 6.45) is 5.46. The van der Waals surface area contributed by atoms with Gasteiger partial charge in [-0.3, -0.25) is 4.79 Å². The number of ether oxygens (including phenoxy) is 2. The summed E-state index contributed by atoms with van der Waals surface area (Å²) in [6.45, 7) is 0.567. The highest BCUT2D eigenvalue weighted by atomic mass is 16.5. The van der Waals surface area contributed by atoms with Crippen molar-refractivity contribution in [3.8, 4) is 5.75 Å². The number of rotatable bonds is 13. The van der Waals surface area contributed by atoms with E-state index in [1.54, 1.807) is 0 Å². The summed E-state index contributed by atoms with van der Waals surface area (Å²) in [7, 11) is 0. The van der Waals surface area contributed by atoms with Crippen molar-refractivity contribution in [3.05, 3.63) is 153 Å². The third kappa shape index (κ3) is 7.22. The van der Waals surface area contributed by atoms with E-state index in [0.29, 0.717) is 30.2 Å². The van der Waals surface area contributed by atoms with Gasteiger partial charge in [0.2, 0.25) is 5.90 Å². The van der Waals surface area contributed by atoms with Crippen LogP contribution in [0.2, 0.25) is 0 Å². The largest absolute Gasteiger partial charge is 0.494 e. The Balaban J connectivity index is 1.40. The molecule has 0 saturated heterocycles. The Morgan fingerprint density at radius 2 is 1.70 bits per heavy atom. The number of amides is 1. The van der Waals surface area contributed by atoms with Crippen LogP contribution >= 0.6 is 0 Å². The number of carbonyl (C=O) groups is 1. The van der Waals surface area contributed by atoms with Crippen LogP contribution in [0.5, 0.6) is 5.75 Å². The highest BCUT2D eigenvalue weighted by molar-refractivity contribution is 6.01. The van der Waals surface area contributed by atoms with Gasteiger partial charge < -0.3 is 19.9 Å². The van der Waals surface area contributed by atoms with Gasteiger partial charge in [0.05, 0.1) is 13.2 Å². The number of carbonyl (C=O) groups excluding carboxylic acids is 1. The van der Waals surface area contributed by atoms with Gasteiger partial charge in [-0.25, -0.2) is 4.99 Å². The maximum atomic E-state index is 14.7. The van der Waals surface area contributed by atoms with Crippen LogP contribution < -0.4 is 10.1 Å². The van der Waals surface area contributed by atoms with Gasteiger partial charge in [0.15, 0.2) is 11.6 Å². The van der Waals surface area contributed by atoms with Crippen LogP contribution in [-0.4, -0.2) is 41.7 Å². The molecule has 238 valence electrons. The monoisotopic (exact) mass is 627 g/mol. The van der Waals surface area contributed by atoms with Crippen LogP contribution in [-0.2, 0) is 28.9 Å². The highest BCUT2D eigenvalue weighted by Gasteiger charge is 2.53. The van der Waals surface area contributed by atoms with Gasteiger partial charge >= 0.3 is 0 Å². The molecule has 1 aliphatic heterocycles. The molecule has 9 heteroatoms. The predicted molar refractivity (Wildman–Crippen MR) is 182 cm³/mol. The van der Waals surface area contributed by atoms with Crippen LogP contribution in [0.4, 0.5) is 0 Å². The minimum Gasteiger partial charge on any atom is -0.494 e. The molecule has 1 heterocycles. The van der Waals surface area contributed by atoms with Crippen LogP contribution in [0.25, 0.3) is 16.5 Å². The molecule has 1 amide bonds. The first-order valence-corrected chi connectivity index (χ1v) is 15.9. The van der Waals surface area contributed by atoms with E-state index in [4.69, 9.17) is 25.1 Å². The number of nitrogens with zero attached hydrogens (tertiary/aromatic N) is 4. The third-order valence-electron chi connectivity index (χ3n) is 8.60. The van der Waals surface area contributed by atoms with E-state index in [1.807, 2.05) is 103 Å². The molecule has 2 atom stereocenters. The second kappa shape index (κ2) is 14.8. The molecule has 1 aliphatic carbocycles. The van der Waals surface area contributed by atoms with Gasteiger partial charge in [-0.1, -0.05) is 96.1 Å². The van der Waals surface area contributed by atoms with Gasteiger partial charge in [0.25, 0.3) is 5.91 Å². The quantitative estimate of drug-likeness (QED) is 0.0723. The van der Waals surface area contributed by atoms with Crippen molar-refractivity contribution in [2.75, 3.05) is 13.2 Å². The average molecular weight is 628 g/mol. The lowest BCUT2D eigenvalue weighted by Gasteiger charge is -2.32. The number of aliphatic hydroxyl groups excluding tert-OH is 1. The summed E-state index contributed by atoms with van der Waals surface area (Å²) < 4.78 is 12.4. The van der Waals surface area contributed by atoms with Gasteiger partial charge in [0, 0.05) is 36.0 Å². The zero-order chi connectivity index (χ0) is 32.5. The summed E-state index contributed by atoms with van der Waals surface area (Å²) in [6, 6.07) is 33.1. The predicted octanol–water partition coefficient (Wildman–Crippen LogP) is 6.90. The van der Waals surface area contributed by atoms with E-state index in [0.717, 1.165) is 29.5 Å². The number of fused-ring (bicyclic) bond motifs is 1. The number of nitrogens with one attached hydrogen (secondary N) is 1. The Morgan fingerprint density at radius 1 is 1.00 bits per heavy atom. The third-order valence-corrected chi connectivity index (χ3v) is 8.60. The van der Waals surface area contributed by atoms with Crippen LogP contribution in [0.3, 0.4) is 0 Å². The van der Waals surface area contributed by atoms with E-state index >= 15 is 0 Å². The van der Waals surface area contributed by atoms with Gasteiger partial charge in [-0.2, -0.15) is 0 Å². The molecule has 47 heavy (non-hydrogen) atoms. The van der Waals surface area contributed by atoms with E-state index in [2.05, 4.69) is 27.5 Å². The molecule has 0 saturated carbocycles. The van der Waals surface area contributed by atoms with Gasteiger partial charge in [-0.05, 0) is 70.5 Å². The molecule has 6 rings (SSSR count). The normalized spacial score (nSPS) is 18.7. The smallest absolute Gasteiger partial charge is 0.252 e. The van der Waals surface area contributed by atoms with Gasteiger partial charge in [-0.15, -0.1) is 0 Å². The number of aliphatic hydroxyl groups is 1. The molecule has 4 aromatic carbocycles. The van der Waals surface area contributed by atoms with Crippen molar-refractivity contribution in [2.24, 2.45) is 10.1 Å². The molecule has 0 radical (unpaired) electrons. The van der Waals surface area contributed by atoms with Crippen molar-refractivity contribution in [1.82, 2.24) is 5.32 Å². The first kappa shape index (κ1) is 31.6. The molecule has 2 N–H and O–H groups in total. The second-order valence-electron chi connectivity index (χ2n) is 11.7. The molecular weight excluding hydrogens is 590 g/mol. The average Bonchev–Trinajstić information content (AvgIpc) is 3.70. The summed E-state index contributed by atoms with van der Waals surface area (Å²) in [5.74, 6) is 0.775. The lowest BCUT2D eigenvalue weighted by Crippen LogP contribution is -2.51. The lowest BCUT2D eigenvalue weighted by molar-refractivity contribution is -0.129. The fourth-order valence-corrected chi connectivity index (χ4v) is 6.24. The van der Waals surface area contributed by atoms with E-state index in [9.17, 15) is 4.79 Å². The van der Waals surface area contributed by atoms with Crippen molar-refractivity contribution < 1.29 is 19.4 Å². The minimum atomic E-state index is -1.36. The summed E-state index contributed by atoms with van der Waals surface area (Å²) in [4.78, 5) is 22.9. The maximum absolute atomic E-state index is 14.7. The van der Waals surface area contributed by atoms with Gasteiger partial charge in [0.1, 0.15) is 5.75 Å². The summed E-state index contributed by atoms with van der Waals surface area (Å²) in [5.41, 5.74) is 13.4. The Hall–Kier alpha value is -5.37. The van der Waals surface area contributed by atoms with Crippen molar-refractivity contribution in [1.29, 1.82) is 0 Å². The molecule has 0 fully saturated rings. The second-order valence-corrected chi connectivity index (χ2v) is 11.7. The van der Waals surface area contributed by atoms with Crippen molar-refractivity contribution in [2.45, 2.75) is 49.9 Å². The SMILES string of the molecule is [N-]=[N+]=NCc1ccccc1[C@H]1OC(c2ccc(OCCCO)cc2)=N[C@@]1(C/C=C/c1ccccc1)C(=O)NC1Cc2ccccc2C1. The first-order chi connectivity index (χ1) is 23.1. The Kier molecular flexibility index (Phi) is 9.96. The molecule has 4 aromatic rings. The number of azide groups is 1. The molecule has 0 unspecified atom stereocenters. The molecule has 2 aliphatic rings. The van der Waals surface area contributed by atoms with Crippen LogP contribution in [0, 0.1) is 0 Å². The topological polar surface area (TPSA) is 129 Å². The molecular formula is C38H37N5O4. The van der Waals surface area contributed by atoms with E-state index in [1.165, 1.54) is 11.1 Å². The number of benzene rings is 4. The molecule has 0 bridgehead atoms.